The van der Waals surface area contributed by atoms with Crippen molar-refractivity contribution in [1.29, 1.82) is 0 Å². The van der Waals surface area contributed by atoms with Crippen molar-refractivity contribution in [1.82, 2.24) is 4.90 Å². The summed E-state index contributed by atoms with van der Waals surface area (Å²) in [4.78, 5) is 14.9. The molecule has 0 fully saturated rings. The fourth-order valence-electron chi connectivity index (χ4n) is 1.24. The summed E-state index contributed by atoms with van der Waals surface area (Å²) in [6.07, 6.45) is 0.439. The zero-order valence-electron chi connectivity index (χ0n) is 8.60. The molecule has 0 aromatic carbocycles. The van der Waals surface area contributed by atoms with Gasteiger partial charge in [0.15, 0.2) is 0 Å². The Hall–Kier alpha value is -0.940. The predicted molar refractivity (Wildman–Crippen MR) is 67.1 cm³/mol. The Morgan fingerprint density at radius 3 is 2.87 bits per heavy atom. The Morgan fingerprint density at radius 2 is 2.40 bits per heavy atom. The predicted octanol–water partition coefficient (Wildman–Crippen LogP) is 1.43. The fraction of sp³-hybridized carbons (Fsp3) is 0.400. The summed E-state index contributed by atoms with van der Waals surface area (Å²) in [5.74, 6) is 0.0766. The molecule has 1 aromatic heterocycles. The van der Waals surface area contributed by atoms with Gasteiger partial charge in [0.05, 0.1) is 18.0 Å². The van der Waals surface area contributed by atoms with E-state index in [1.54, 1.807) is 16.2 Å². The molecule has 0 atom stereocenters. The molecule has 0 spiro atoms. The lowest BCUT2D eigenvalue weighted by Gasteiger charge is -2.19. The van der Waals surface area contributed by atoms with Crippen LogP contribution in [0.25, 0.3) is 0 Å². The van der Waals surface area contributed by atoms with Gasteiger partial charge in [-0.05, 0) is 18.4 Å². The number of carbonyl (C=O) groups excluding carboxylic acids is 1. The number of nitrogens with two attached hydrogens (primary N) is 1. The number of hydrogen-bond donors (Lipinski definition) is 1. The number of likely N-dealkylation sites (N-methyl/N-ethyl adjacent to an activating group) is 1. The second-order valence-corrected chi connectivity index (χ2v) is 4.69. The molecule has 0 aliphatic heterocycles. The summed E-state index contributed by atoms with van der Waals surface area (Å²) in [5.41, 5.74) is 5.42. The van der Waals surface area contributed by atoms with Gasteiger partial charge in [-0.25, -0.2) is 0 Å². The number of rotatable bonds is 5. The van der Waals surface area contributed by atoms with Crippen molar-refractivity contribution in [2.45, 2.75) is 13.3 Å². The first-order valence-corrected chi connectivity index (χ1v) is 6.00. The highest BCUT2D eigenvalue weighted by Gasteiger charge is 2.13. The number of amides is 1. The van der Waals surface area contributed by atoms with Gasteiger partial charge in [-0.2, -0.15) is 0 Å². The van der Waals surface area contributed by atoms with Crippen LogP contribution in [0.4, 0.5) is 0 Å². The minimum Gasteiger partial charge on any atom is -0.392 e. The zero-order chi connectivity index (χ0) is 11.3. The lowest BCUT2D eigenvalue weighted by molar-refractivity contribution is -0.129. The molecule has 0 bridgehead atoms. The van der Waals surface area contributed by atoms with Gasteiger partial charge in [-0.1, -0.05) is 18.3 Å². The molecule has 0 saturated heterocycles. The smallest absolute Gasteiger partial charge is 0.228 e. The van der Waals surface area contributed by atoms with Crippen LogP contribution in [0.2, 0.25) is 0 Å². The maximum absolute atomic E-state index is 11.8. The molecule has 1 amide bonds. The number of nitrogens with zero attached hydrogens (tertiary/aromatic N) is 1. The molecule has 2 N–H and O–H groups in total. The SMILES string of the molecule is CCN(CC(N)=S)C(=O)Cc1cccs1. The van der Waals surface area contributed by atoms with Crippen molar-refractivity contribution in [2.24, 2.45) is 5.73 Å². The molecule has 3 nitrogen and oxygen atoms in total. The first-order valence-electron chi connectivity index (χ1n) is 4.72. The number of hydrogen-bond acceptors (Lipinski definition) is 3. The van der Waals surface area contributed by atoms with Crippen molar-refractivity contribution in [3.8, 4) is 0 Å². The van der Waals surface area contributed by atoms with Gasteiger partial charge in [0.1, 0.15) is 0 Å². The van der Waals surface area contributed by atoms with Crippen LogP contribution in [0.3, 0.4) is 0 Å². The first-order chi connectivity index (χ1) is 7.13. The molecular weight excluding hydrogens is 228 g/mol. The van der Waals surface area contributed by atoms with Gasteiger partial charge in [-0.3, -0.25) is 4.79 Å². The van der Waals surface area contributed by atoms with Crippen LogP contribution < -0.4 is 5.73 Å². The van der Waals surface area contributed by atoms with Crippen LogP contribution in [-0.2, 0) is 11.2 Å². The Balaban J connectivity index is 2.54. The normalized spacial score (nSPS) is 9.93. The van der Waals surface area contributed by atoms with Crippen LogP contribution in [0, 0.1) is 0 Å². The molecule has 0 aliphatic rings. The molecule has 5 heteroatoms. The van der Waals surface area contributed by atoms with Crippen LogP contribution in [-0.4, -0.2) is 28.9 Å². The third-order valence-electron chi connectivity index (χ3n) is 1.99. The standard InChI is InChI=1S/C10H14N2OS2/c1-2-12(7-9(11)14)10(13)6-8-4-3-5-15-8/h3-5H,2,6-7H2,1H3,(H2,11,14). The largest absolute Gasteiger partial charge is 0.392 e. The molecule has 82 valence electrons. The highest BCUT2D eigenvalue weighted by atomic mass is 32.1. The molecule has 0 radical (unpaired) electrons. The molecule has 1 aromatic rings. The minimum absolute atomic E-state index is 0.0766. The molecule has 1 rings (SSSR count). The van der Waals surface area contributed by atoms with E-state index in [-0.39, 0.29) is 5.91 Å². The fourth-order valence-corrected chi connectivity index (χ4v) is 2.09. The molecule has 1 heterocycles. The number of thiophene rings is 1. The monoisotopic (exact) mass is 242 g/mol. The lowest BCUT2D eigenvalue weighted by Crippen LogP contribution is -2.38. The third-order valence-corrected chi connectivity index (χ3v) is 2.99. The summed E-state index contributed by atoms with van der Waals surface area (Å²) < 4.78 is 0. The average molecular weight is 242 g/mol. The van der Waals surface area contributed by atoms with E-state index < -0.39 is 0 Å². The molecule has 15 heavy (non-hydrogen) atoms. The van der Waals surface area contributed by atoms with Gasteiger partial charge in [0.25, 0.3) is 0 Å². The first kappa shape index (κ1) is 12.1. The van der Waals surface area contributed by atoms with Crippen molar-refractivity contribution >= 4 is 34.5 Å². The van der Waals surface area contributed by atoms with E-state index in [2.05, 4.69) is 0 Å². The van der Waals surface area contributed by atoms with Gasteiger partial charge >= 0.3 is 0 Å². The van der Waals surface area contributed by atoms with Crippen molar-refractivity contribution < 1.29 is 4.79 Å². The molecule has 0 saturated carbocycles. The lowest BCUT2D eigenvalue weighted by atomic mass is 10.3. The quantitative estimate of drug-likeness (QED) is 0.794. The van der Waals surface area contributed by atoms with Gasteiger partial charge in [0, 0.05) is 11.4 Å². The summed E-state index contributed by atoms with van der Waals surface area (Å²) in [6, 6.07) is 3.90. The van der Waals surface area contributed by atoms with Crippen LogP contribution in [0.15, 0.2) is 17.5 Å². The average Bonchev–Trinajstić information content (AvgIpc) is 2.66. The van der Waals surface area contributed by atoms with Crippen LogP contribution in [0.1, 0.15) is 11.8 Å². The minimum atomic E-state index is 0.0766. The van der Waals surface area contributed by atoms with Gasteiger partial charge < -0.3 is 10.6 Å². The highest BCUT2D eigenvalue weighted by Crippen LogP contribution is 2.10. The summed E-state index contributed by atoms with van der Waals surface area (Å²) >= 11 is 6.38. The highest BCUT2D eigenvalue weighted by molar-refractivity contribution is 7.80. The summed E-state index contributed by atoms with van der Waals surface area (Å²) in [6.45, 7) is 2.93. The Bertz CT molecular complexity index is 335. The van der Waals surface area contributed by atoms with E-state index in [0.717, 1.165) is 4.88 Å². The van der Waals surface area contributed by atoms with E-state index >= 15 is 0 Å². The Labute approximate surface area is 98.9 Å². The molecule has 0 unspecified atom stereocenters. The van der Waals surface area contributed by atoms with E-state index in [1.807, 2.05) is 24.4 Å². The number of carbonyl (C=O) groups is 1. The van der Waals surface area contributed by atoms with Gasteiger partial charge in [-0.15, -0.1) is 11.3 Å². The topological polar surface area (TPSA) is 46.3 Å². The molecular formula is C10H14N2OS2. The van der Waals surface area contributed by atoms with Crippen LogP contribution in [0.5, 0.6) is 0 Å². The summed E-state index contributed by atoms with van der Waals surface area (Å²) in [7, 11) is 0. The van der Waals surface area contributed by atoms with Crippen molar-refractivity contribution in [2.75, 3.05) is 13.1 Å². The maximum atomic E-state index is 11.8. The van der Waals surface area contributed by atoms with E-state index in [4.69, 9.17) is 18.0 Å². The Morgan fingerprint density at radius 1 is 1.67 bits per heavy atom. The second kappa shape index (κ2) is 5.82. The maximum Gasteiger partial charge on any atom is 0.228 e. The Kier molecular flexibility index (Phi) is 4.71. The molecule has 0 aliphatic carbocycles. The van der Waals surface area contributed by atoms with Crippen LogP contribution >= 0.6 is 23.6 Å². The summed E-state index contributed by atoms with van der Waals surface area (Å²) in [5, 5.41) is 1.96. The van der Waals surface area contributed by atoms with Crippen molar-refractivity contribution in [3.05, 3.63) is 22.4 Å². The van der Waals surface area contributed by atoms with E-state index in [9.17, 15) is 4.79 Å². The van der Waals surface area contributed by atoms with Crippen molar-refractivity contribution in [3.63, 3.8) is 0 Å². The zero-order valence-corrected chi connectivity index (χ0v) is 10.2. The third kappa shape index (κ3) is 3.97. The number of thiocarbonyl (C=S) groups is 1. The van der Waals surface area contributed by atoms with Gasteiger partial charge in [0.2, 0.25) is 5.91 Å². The van der Waals surface area contributed by atoms with E-state index in [0.29, 0.717) is 24.5 Å². The second-order valence-electron chi connectivity index (χ2n) is 3.13. The van der Waals surface area contributed by atoms with E-state index in [1.165, 1.54) is 0 Å².